The molecule has 24 heavy (non-hydrogen) atoms. The van der Waals surface area contributed by atoms with Crippen LogP contribution in [0.15, 0.2) is 12.1 Å². The third kappa shape index (κ3) is 4.02. The zero-order valence-electron chi connectivity index (χ0n) is 14.2. The van der Waals surface area contributed by atoms with Gasteiger partial charge in [0.15, 0.2) is 0 Å². The molecule has 2 rings (SSSR count). The lowest BCUT2D eigenvalue weighted by Gasteiger charge is -2.34. The summed E-state index contributed by atoms with van der Waals surface area (Å²) in [6, 6.07) is 3.34. The maximum atomic E-state index is 12.7. The van der Waals surface area contributed by atoms with E-state index in [2.05, 4.69) is 0 Å². The van der Waals surface area contributed by atoms with Crippen molar-refractivity contribution in [2.24, 2.45) is 0 Å². The SMILES string of the molecule is CCCS(=O)(=O)N1CCN(C(=O)c2cc(Cl)c(OC)cc2C)CC1. The van der Waals surface area contributed by atoms with E-state index in [1.165, 1.54) is 11.4 Å². The molecule has 0 saturated carbocycles. The van der Waals surface area contributed by atoms with Crippen molar-refractivity contribution in [2.75, 3.05) is 39.0 Å². The first-order valence-corrected chi connectivity index (χ1v) is 9.90. The number of amides is 1. The topological polar surface area (TPSA) is 66.9 Å². The van der Waals surface area contributed by atoms with E-state index in [1.54, 1.807) is 17.0 Å². The number of halogens is 1. The molecule has 1 amide bonds. The lowest BCUT2D eigenvalue weighted by atomic mass is 10.1. The largest absolute Gasteiger partial charge is 0.495 e. The first kappa shape index (κ1) is 19.0. The Labute approximate surface area is 148 Å². The normalized spacial score (nSPS) is 16.2. The van der Waals surface area contributed by atoms with Crippen LogP contribution in [0, 0.1) is 6.92 Å². The molecule has 1 heterocycles. The maximum Gasteiger partial charge on any atom is 0.254 e. The van der Waals surface area contributed by atoms with Gasteiger partial charge in [-0.1, -0.05) is 18.5 Å². The molecule has 0 atom stereocenters. The highest BCUT2D eigenvalue weighted by molar-refractivity contribution is 7.89. The molecule has 134 valence electrons. The minimum absolute atomic E-state index is 0.135. The van der Waals surface area contributed by atoms with Crippen LogP contribution in [0.3, 0.4) is 0 Å². The minimum Gasteiger partial charge on any atom is -0.495 e. The van der Waals surface area contributed by atoms with Gasteiger partial charge in [-0.15, -0.1) is 0 Å². The van der Waals surface area contributed by atoms with Crippen LogP contribution in [0.4, 0.5) is 0 Å². The lowest BCUT2D eigenvalue weighted by Crippen LogP contribution is -2.51. The number of methoxy groups -OCH3 is 1. The zero-order chi connectivity index (χ0) is 17.9. The second-order valence-corrected chi connectivity index (χ2v) is 8.30. The van der Waals surface area contributed by atoms with E-state index in [0.29, 0.717) is 48.9 Å². The zero-order valence-corrected chi connectivity index (χ0v) is 15.8. The molecule has 0 aliphatic carbocycles. The molecule has 0 aromatic heterocycles. The van der Waals surface area contributed by atoms with Crippen LogP contribution >= 0.6 is 11.6 Å². The molecule has 8 heteroatoms. The standard InChI is InChI=1S/C16H23ClN2O4S/c1-4-9-24(21,22)19-7-5-18(6-8-19)16(20)13-11-14(17)15(23-3)10-12(13)2/h10-11H,4-9H2,1-3H3. The summed E-state index contributed by atoms with van der Waals surface area (Å²) in [4.78, 5) is 14.4. The predicted molar refractivity (Wildman–Crippen MR) is 94.3 cm³/mol. The Bertz CT molecular complexity index is 713. The molecule has 1 saturated heterocycles. The van der Waals surface area contributed by atoms with Crippen molar-refractivity contribution in [3.63, 3.8) is 0 Å². The fourth-order valence-electron chi connectivity index (χ4n) is 2.77. The molecule has 0 radical (unpaired) electrons. The molecule has 0 unspecified atom stereocenters. The lowest BCUT2D eigenvalue weighted by molar-refractivity contribution is 0.0697. The molecule has 0 spiro atoms. The molecule has 1 aromatic rings. The van der Waals surface area contributed by atoms with Crippen molar-refractivity contribution in [1.29, 1.82) is 0 Å². The van der Waals surface area contributed by atoms with Gasteiger partial charge < -0.3 is 9.64 Å². The fraction of sp³-hybridized carbons (Fsp3) is 0.562. The highest BCUT2D eigenvalue weighted by Gasteiger charge is 2.29. The van der Waals surface area contributed by atoms with E-state index in [0.717, 1.165) is 5.56 Å². The highest BCUT2D eigenvalue weighted by atomic mass is 35.5. The van der Waals surface area contributed by atoms with Gasteiger partial charge in [0.25, 0.3) is 5.91 Å². The fourth-order valence-corrected chi connectivity index (χ4v) is 4.50. The summed E-state index contributed by atoms with van der Waals surface area (Å²) in [6.45, 7) is 5.09. The van der Waals surface area contributed by atoms with Crippen LogP contribution in [-0.4, -0.2) is 62.6 Å². The number of sulfonamides is 1. The Balaban J connectivity index is 2.10. The third-order valence-electron chi connectivity index (χ3n) is 4.11. The number of nitrogens with zero attached hydrogens (tertiary/aromatic N) is 2. The van der Waals surface area contributed by atoms with Crippen molar-refractivity contribution < 1.29 is 17.9 Å². The Morgan fingerprint density at radius 3 is 2.42 bits per heavy atom. The summed E-state index contributed by atoms with van der Waals surface area (Å²) < 4.78 is 30.8. The third-order valence-corrected chi connectivity index (χ3v) is 6.48. The van der Waals surface area contributed by atoms with Gasteiger partial charge >= 0.3 is 0 Å². The number of aryl methyl sites for hydroxylation is 1. The molecule has 1 fully saturated rings. The van der Waals surface area contributed by atoms with Crippen LogP contribution < -0.4 is 4.74 Å². The molecule has 1 aliphatic rings. The Morgan fingerprint density at radius 2 is 1.88 bits per heavy atom. The number of hydrogen-bond donors (Lipinski definition) is 0. The van der Waals surface area contributed by atoms with Crippen molar-refractivity contribution in [2.45, 2.75) is 20.3 Å². The van der Waals surface area contributed by atoms with Gasteiger partial charge in [-0.25, -0.2) is 8.42 Å². The number of carbonyl (C=O) groups is 1. The summed E-state index contributed by atoms with van der Waals surface area (Å²) in [7, 11) is -1.69. The Kier molecular flexibility index (Phi) is 6.11. The molecular formula is C16H23ClN2O4S. The van der Waals surface area contributed by atoms with E-state index in [1.807, 2.05) is 13.8 Å². The van der Waals surface area contributed by atoms with Crippen molar-refractivity contribution in [1.82, 2.24) is 9.21 Å². The quantitative estimate of drug-likeness (QED) is 0.792. The molecule has 0 N–H and O–H groups in total. The Hall–Kier alpha value is -1.31. The van der Waals surface area contributed by atoms with Crippen molar-refractivity contribution >= 4 is 27.5 Å². The van der Waals surface area contributed by atoms with Crippen LogP contribution in [0.2, 0.25) is 5.02 Å². The Morgan fingerprint density at radius 1 is 1.25 bits per heavy atom. The number of carbonyl (C=O) groups excluding carboxylic acids is 1. The van der Waals surface area contributed by atoms with E-state index < -0.39 is 10.0 Å². The van der Waals surface area contributed by atoms with Gasteiger partial charge in [-0.2, -0.15) is 4.31 Å². The first-order valence-electron chi connectivity index (χ1n) is 7.91. The molecule has 1 aromatic carbocycles. The average molecular weight is 375 g/mol. The first-order chi connectivity index (χ1) is 11.3. The minimum atomic E-state index is -3.21. The number of ether oxygens (including phenoxy) is 1. The van der Waals surface area contributed by atoms with Gasteiger partial charge in [0, 0.05) is 31.7 Å². The molecule has 1 aliphatic heterocycles. The second kappa shape index (κ2) is 7.72. The monoisotopic (exact) mass is 374 g/mol. The summed E-state index contributed by atoms with van der Waals surface area (Å²) in [5.74, 6) is 0.541. The molecule has 0 bridgehead atoms. The number of piperazine rings is 1. The number of hydrogen-bond acceptors (Lipinski definition) is 4. The predicted octanol–water partition coefficient (Wildman–Crippen LogP) is 2.15. The van der Waals surface area contributed by atoms with Crippen LogP contribution in [0.25, 0.3) is 0 Å². The molecular weight excluding hydrogens is 352 g/mol. The van der Waals surface area contributed by atoms with E-state index in [9.17, 15) is 13.2 Å². The smallest absolute Gasteiger partial charge is 0.254 e. The van der Waals surface area contributed by atoms with Gasteiger partial charge in [0.2, 0.25) is 10.0 Å². The number of benzene rings is 1. The van der Waals surface area contributed by atoms with Gasteiger partial charge in [-0.3, -0.25) is 4.79 Å². The number of rotatable bonds is 5. The second-order valence-electron chi connectivity index (χ2n) is 5.81. The summed E-state index contributed by atoms with van der Waals surface area (Å²) >= 11 is 6.12. The summed E-state index contributed by atoms with van der Waals surface area (Å²) in [5.41, 5.74) is 1.30. The van der Waals surface area contributed by atoms with Crippen LogP contribution in [0.1, 0.15) is 29.3 Å². The van der Waals surface area contributed by atoms with Crippen LogP contribution in [-0.2, 0) is 10.0 Å². The van der Waals surface area contributed by atoms with E-state index in [4.69, 9.17) is 16.3 Å². The van der Waals surface area contributed by atoms with E-state index >= 15 is 0 Å². The van der Waals surface area contributed by atoms with Gasteiger partial charge in [0.1, 0.15) is 5.75 Å². The highest BCUT2D eigenvalue weighted by Crippen LogP contribution is 2.28. The van der Waals surface area contributed by atoms with E-state index in [-0.39, 0.29) is 11.7 Å². The summed E-state index contributed by atoms with van der Waals surface area (Å²) in [6.07, 6.45) is 0.588. The van der Waals surface area contributed by atoms with Crippen LogP contribution in [0.5, 0.6) is 5.75 Å². The maximum absolute atomic E-state index is 12.7. The van der Waals surface area contributed by atoms with Crippen molar-refractivity contribution in [3.05, 3.63) is 28.3 Å². The summed E-state index contributed by atoms with van der Waals surface area (Å²) in [5, 5.41) is 0.385. The van der Waals surface area contributed by atoms with Gasteiger partial charge in [0.05, 0.1) is 17.9 Å². The van der Waals surface area contributed by atoms with Crippen molar-refractivity contribution in [3.8, 4) is 5.75 Å². The molecule has 6 nitrogen and oxygen atoms in total. The average Bonchev–Trinajstić information content (AvgIpc) is 2.56. The van der Waals surface area contributed by atoms with Gasteiger partial charge in [-0.05, 0) is 31.0 Å².